The molecule has 1 atom stereocenters. The number of hydrogen-bond donors (Lipinski definition) is 0. The number of hydrogen-bond acceptors (Lipinski definition) is 2. The monoisotopic (exact) mass is 300 g/mol. The predicted octanol–water partition coefficient (Wildman–Crippen LogP) is 4.77. The highest BCUT2D eigenvalue weighted by molar-refractivity contribution is 6.29. The lowest BCUT2D eigenvalue weighted by atomic mass is 9.93. The number of nitrogens with zero attached hydrogens (tertiary/aromatic N) is 2. The Morgan fingerprint density at radius 1 is 1.24 bits per heavy atom. The summed E-state index contributed by atoms with van der Waals surface area (Å²) in [5, 5.41) is 0.585. The number of pyridine rings is 1. The van der Waals surface area contributed by atoms with Gasteiger partial charge in [-0.3, -0.25) is 4.90 Å². The van der Waals surface area contributed by atoms with Crippen molar-refractivity contribution >= 4 is 11.6 Å². The number of likely N-dealkylation sites (tertiary alicyclic amines) is 1. The second kappa shape index (κ2) is 6.59. The quantitative estimate of drug-likeness (QED) is 0.759. The van der Waals surface area contributed by atoms with E-state index in [0.29, 0.717) is 11.2 Å². The van der Waals surface area contributed by atoms with Crippen LogP contribution in [0.2, 0.25) is 5.15 Å². The summed E-state index contributed by atoms with van der Waals surface area (Å²) < 4.78 is 0. The molecule has 0 aliphatic carbocycles. The first-order chi connectivity index (χ1) is 10.2. The molecular formula is C18H21ClN2. The van der Waals surface area contributed by atoms with Gasteiger partial charge in [-0.05, 0) is 49.1 Å². The van der Waals surface area contributed by atoms with Crippen LogP contribution in [0.1, 0.15) is 42.0 Å². The molecule has 2 nitrogen and oxygen atoms in total. The van der Waals surface area contributed by atoms with Crippen molar-refractivity contribution in [2.45, 2.75) is 38.8 Å². The molecule has 3 rings (SSSR count). The van der Waals surface area contributed by atoms with Crippen LogP contribution in [0.4, 0.5) is 0 Å². The maximum absolute atomic E-state index is 6.00. The van der Waals surface area contributed by atoms with Crippen molar-refractivity contribution in [3.05, 3.63) is 64.4 Å². The van der Waals surface area contributed by atoms with Gasteiger partial charge < -0.3 is 0 Å². The summed E-state index contributed by atoms with van der Waals surface area (Å²) in [7, 11) is 0. The van der Waals surface area contributed by atoms with Gasteiger partial charge in [0, 0.05) is 18.8 Å². The van der Waals surface area contributed by atoms with E-state index in [1.165, 1.54) is 36.0 Å². The normalized spacial score (nSPS) is 19.6. The fourth-order valence-electron chi connectivity index (χ4n) is 3.23. The van der Waals surface area contributed by atoms with Gasteiger partial charge in [0.25, 0.3) is 0 Å². The molecule has 2 heterocycles. The molecule has 1 aromatic heterocycles. The molecule has 3 heteroatoms. The van der Waals surface area contributed by atoms with Gasteiger partial charge in [0.1, 0.15) is 5.15 Å². The fraction of sp³-hybridized carbons (Fsp3) is 0.389. The number of aryl methyl sites for hydroxylation is 1. The second-order valence-electron chi connectivity index (χ2n) is 5.83. The smallest absolute Gasteiger partial charge is 0.129 e. The van der Waals surface area contributed by atoms with E-state index >= 15 is 0 Å². The Morgan fingerprint density at radius 3 is 2.81 bits per heavy atom. The fourth-order valence-corrected chi connectivity index (χ4v) is 3.44. The summed E-state index contributed by atoms with van der Waals surface area (Å²) in [6.07, 6.45) is 5.74. The lowest BCUT2D eigenvalue weighted by molar-refractivity contribution is 0.139. The third-order valence-electron chi connectivity index (χ3n) is 4.32. The van der Waals surface area contributed by atoms with Gasteiger partial charge in [0.15, 0.2) is 0 Å². The van der Waals surface area contributed by atoms with Gasteiger partial charge in [-0.2, -0.15) is 0 Å². The first kappa shape index (κ1) is 14.6. The molecule has 1 aromatic carbocycles. The van der Waals surface area contributed by atoms with Gasteiger partial charge in [-0.1, -0.05) is 48.4 Å². The molecular weight excluding hydrogens is 280 g/mol. The maximum atomic E-state index is 6.00. The molecule has 0 spiro atoms. The van der Waals surface area contributed by atoms with E-state index in [0.717, 1.165) is 13.1 Å². The number of benzene rings is 1. The minimum absolute atomic E-state index is 0.462. The van der Waals surface area contributed by atoms with Gasteiger partial charge in [-0.15, -0.1) is 0 Å². The van der Waals surface area contributed by atoms with Crippen molar-refractivity contribution in [3.63, 3.8) is 0 Å². The van der Waals surface area contributed by atoms with Crippen LogP contribution in [0.5, 0.6) is 0 Å². The number of piperidine rings is 1. The van der Waals surface area contributed by atoms with Crippen molar-refractivity contribution in [1.82, 2.24) is 9.88 Å². The second-order valence-corrected chi connectivity index (χ2v) is 6.22. The number of halogens is 1. The predicted molar refractivity (Wildman–Crippen MR) is 87.4 cm³/mol. The van der Waals surface area contributed by atoms with Crippen LogP contribution in [-0.4, -0.2) is 16.4 Å². The Balaban J connectivity index is 1.84. The molecule has 0 unspecified atom stereocenters. The number of aromatic nitrogens is 1. The summed E-state index contributed by atoms with van der Waals surface area (Å²) in [5.74, 6) is 0. The van der Waals surface area contributed by atoms with Crippen LogP contribution in [-0.2, 0) is 6.54 Å². The first-order valence-corrected chi connectivity index (χ1v) is 8.02. The average Bonchev–Trinajstić information content (AvgIpc) is 2.49. The van der Waals surface area contributed by atoms with E-state index in [-0.39, 0.29) is 0 Å². The topological polar surface area (TPSA) is 16.1 Å². The molecule has 21 heavy (non-hydrogen) atoms. The van der Waals surface area contributed by atoms with Crippen molar-refractivity contribution in [1.29, 1.82) is 0 Å². The van der Waals surface area contributed by atoms with Gasteiger partial charge in [-0.25, -0.2) is 4.98 Å². The van der Waals surface area contributed by atoms with Crippen molar-refractivity contribution in [3.8, 4) is 0 Å². The molecule has 1 aliphatic rings. The summed E-state index contributed by atoms with van der Waals surface area (Å²) in [5.41, 5.74) is 3.96. The summed E-state index contributed by atoms with van der Waals surface area (Å²) >= 11 is 6.00. The third-order valence-corrected chi connectivity index (χ3v) is 4.53. The molecule has 0 radical (unpaired) electrons. The SMILES string of the molecule is Cc1cc(Cl)ncc1[C@H]1CCCCN1Cc1ccccc1. The highest BCUT2D eigenvalue weighted by atomic mass is 35.5. The van der Waals surface area contributed by atoms with Gasteiger partial charge >= 0.3 is 0 Å². The minimum atomic E-state index is 0.462. The molecule has 110 valence electrons. The van der Waals surface area contributed by atoms with Crippen molar-refractivity contribution in [2.75, 3.05) is 6.54 Å². The maximum Gasteiger partial charge on any atom is 0.129 e. The Kier molecular flexibility index (Phi) is 4.57. The minimum Gasteiger partial charge on any atom is -0.292 e. The van der Waals surface area contributed by atoms with Crippen LogP contribution in [0.3, 0.4) is 0 Å². The summed E-state index contributed by atoms with van der Waals surface area (Å²) in [6, 6.07) is 13.2. The van der Waals surface area contributed by atoms with Crippen molar-refractivity contribution < 1.29 is 0 Å². The lowest BCUT2D eigenvalue weighted by Crippen LogP contribution is -2.33. The lowest BCUT2D eigenvalue weighted by Gasteiger charge is -2.36. The zero-order chi connectivity index (χ0) is 14.7. The zero-order valence-corrected chi connectivity index (χ0v) is 13.2. The first-order valence-electron chi connectivity index (χ1n) is 7.64. The molecule has 1 aliphatic heterocycles. The molecule has 1 saturated heterocycles. The van der Waals surface area contributed by atoms with Crippen molar-refractivity contribution in [2.24, 2.45) is 0 Å². The largest absolute Gasteiger partial charge is 0.292 e. The van der Waals surface area contributed by atoms with Crippen LogP contribution in [0.25, 0.3) is 0 Å². The molecule has 1 fully saturated rings. The Hall–Kier alpha value is -1.38. The third kappa shape index (κ3) is 3.45. The van der Waals surface area contributed by atoms with E-state index in [1.54, 1.807) is 0 Å². The highest BCUT2D eigenvalue weighted by Crippen LogP contribution is 2.33. The highest BCUT2D eigenvalue weighted by Gasteiger charge is 2.25. The van der Waals surface area contributed by atoms with E-state index in [2.05, 4.69) is 47.1 Å². The summed E-state index contributed by atoms with van der Waals surface area (Å²) in [6.45, 7) is 4.30. The molecule has 0 N–H and O–H groups in total. The van der Waals surface area contributed by atoms with Crippen LogP contribution in [0, 0.1) is 6.92 Å². The molecule has 0 saturated carbocycles. The van der Waals surface area contributed by atoms with Crippen LogP contribution in [0.15, 0.2) is 42.6 Å². The molecule has 0 amide bonds. The van der Waals surface area contributed by atoms with Crippen LogP contribution >= 0.6 is 11.6 Å². The van der Waals surface area contributed by atoms with E-state index in [1.807, 2.05) is 12.3 Å². The zero-order valence-electron chi connectivity index (χ0n) is 12.4. The van der Waals surface area contributed by atoms with Crippen LogP contribution < -0.4 is 0 Å². The standard InChI is InChI=1S/C18H21ClN2/c1-14-11-18(19)20-12-16(14)17-9-5-6-10-21(17)13-15-7-3-2-4-8-15/h2-4,7-8,11-12,17H,5-6,9-10,13H2,1H3/t17-/m1/s1. The summed E-state index contributed by atoms with van der Waals surface area (Å²) in [4.78, 5) is 6.88. The Morgan fingerprint density at radius 2 is 2.05 bits per heavy atom. The number of rotatable bonds is 3. The Labute approximate surface area is 131 Å². The van der Waals surface area contributed by atoms with Gasteiger partial charge in [0.2, 0.25) is 0 Å². The van der Waals surface area contributed by atoms with Gasteiger partial charge in [0.05, 0.1) is 0 Å². The molecule has 0 bridgehead atoms. The average molecular weight is 301 g/mol. The van der Waals surface area contributed by atoms with E-state index in [9.17, 15) is 0 Å². The van der Waals surface area contributed by atoms with E-state index < -0.39 is 0 Å². The molecule has 2 aromatic rings. The van der Waals surface area contributed by atoms with E-state index in [4.69, 9.17) is 11.6 Å². The Bertz CT molecular complexity index is 597.